The lowest BCUT2D eigenvalue weighted by molar-refractivity contribution is -0.384. The molecule has 0 spiro atoms. The maximum atomic E-state index is 12.7. The van der Waals surface area contributed by atoms with E-state index in [4.69, 9.17) is 0 Å². The predicted octanol–water partition coefficient (Wildman–Crippen LogP) is 2.61. The number of aryl methyl sites for hydroxylation is 2. The molecule has 2 aromatic rings. The van der Waals surface area contributed by atoms with Crippen molar-refractivity contribution >= 4 is 38.6 Å². The van der Waals surface area contributed by atoms with E-state index < -0.39 is 14.9 Å². The van der Waals surface area contributed by atoms with Crippen LogP contribution in [0.3, 0.4) is 0 Å². The van der Waals surface area contributed by atoms with Crippen LogP contribution in [0.4, 0.5) is 11.4 Å². The largest absolute Gasteiger partial charge is 0.326 e. The predicted molar refractivity (Wildman–Crippen MR) is 115 cm³/mol. The van der Waals surface area contributed by atoms with Crippen LogP contribution in [0.1, 0.15) is 16.9 Å². The summed E-state index contributed by atoms with van der Waals surface area (Å²) in [5.41, 5.74) is 1.16. The zero-order valence-electron chi connectivity index (χ0n) is 16.8. The van der Waals surface area contributed by atoms with Crippen molar-refractivity contribution in [1.82, 2.24) is 9.21 Å². The fourth-order valence-electron chi connectivity index (χ4n) is 3.25. The molecule has 162 valence electrons. The Morgan fingerprint density at radius 1 is 1.17 bits per heavy atom. The van der Waals surface area contributed by atoms with Crippen LogP contribution in [0, 0.1) is 24.0 Å². The highest BCUT2D eigenvalue weighted by atomic mass is 32.2. The van der Waals surface area contributed by atoms with E-state index in [1.54, 1.807) is 19.1 Å². The van der Waals surface area contributed by atoms with Crippen molar-refractivity contribution in [3.8, 4) is 0 Å². The standard InChI is InChI=1S/C19H24N4O5S2/c1-14-13-16(23(25)26)4-5-17(14)20-18(24)7-8-21-9-11-22(12-10-21)30(27,28)19-6-3-15(2)29-19/h3-6,13H,7-12H2,1-2H3,(H,20,24). The summed E-state index contributed by atoms with van der Waals surface area (Å²) < 4.78 is 27.2. The first kappa shape index (κ1) is 22.3. The fourth-order valence-corrected chi connectivity index (χ4v) is 6.11. The van der Waals surface area contributed by atoms with E-state index in [9.17, 15) is 23.3 Å². The topological polar surface area (TPSA) is 113 Å². The summed E-state index contributed by atoms with van der Waals surface area (Å²) in [6, 6.07) is 7.76. The summed E-state index contributed by atoms with van der Waals surface area (Å²) in [5, 5.41) is 13.6. The van der Waals surface area contributed by atoms with Crippen molar-refractivity contribution in [2.24, 2.45) is 0 Å². The smallest absolute Gasteiger partial charge is 0.269 e. The summed E-state index contributed by atoms with van der Waals surface area (Å²) in [7, 11) is -3.45. The highest BCUT2D eigenvalue weighted by molar-refractivity contribution is 7.91. The maximum absolute atomic E-state index is 12.7. The molecule has 1 aliphatic heterocycles. The minimum Gasteiger partial charge on any atom is -0.326 e. The molecule has 1 amide bonds. The fraction of sp³-hybridized carbons (Fsp3) is 0.421. The van der Waals surface area contributed by atoms with Gasteiger partial charge in [0.25, 0.3) is 15.7 Å². The first-order valence-electron chi connectivity index (χ1n) is 9.50. The Morgan fingerprint density at radius 2 is 1.87 bits per heavy atom. The zero-order chi connectivity index (χ0) is 21.9. The third-order valence-corrected chi connectivity index (χ3v) is 8.36. The van der Waals surface area contributed by atoms with E-state index in [1.165, 1.54) is 33.8 Å². The van der Waals surface area contributed by atoms with Crippen molar-refractivity contribution in [3.63, 3.8) is 0 Å². The van der Waals surface area contributed by atoms with Gasteiger partial charge in [0.1, 0.15) is 4.21 Å². The summed E-state index contributed by atoms with van der Waals surface area (Å²) >= 11 is 1.27. The van der Waals surface area contributed by atoms with Gasteiger partial charge >= 0.3 is 0 Å². The van der Waals surface area contributed by atoms with Crippen molar-refractivity contribution < 1.29 is 18.1 Å². The molecule has 2 heterocycles. The van der Waals surface area contributed by atoms with E-state index in [-0.39, 0.29) is 18.0 Å². The van der Waals surface area contributed by atoms with Gasteiger partial charge in [-0.25, -0.2) is 8.42 Å². The third-order valence-electron chi connectivity index (χ3n) is 4.99. The van der Waals surface area contributed by atoms with Crippen molar-refractivity contribution in [2.45, 2.75) is 24.5 Å². The number of thiophene rings is 1. The van der Waals surface area contributed by atoms with E-state index in [1.807, 2.05) is 6.92 Å². The number of benzene rings is 1. The van der Waals surface area contributed by atoms with E-state index in [2.05, 4.69) is 10.2 Å². The molecule has 1 aliphatic rings. The highest BCUT2D eigenvalue weighted by Crippen LogP contribution is 2.25. The number of non-ortho nitro benzene ring substituents is 1. The molecule has 0 bridgehead atoms. The summed E-state index contributed by atoms with van der Waals surface area (Å²) in [5.74, 6) is -0.184. The number of rotatable bonds is 7. The number of sulfonamides is 1. The van der Waals surface area contributed by atoms with Crippen LogP contribution in [-0.4, -0.2) is 61.2 Å². The average molecular weight is 453 g/mol. The van der Waals surface area contributed by atoms with Gasteiger partial charge in [0, 0.05) is 61.8 Å². The molecule has 0 radical (unpaired) electrons. The molecule has 0 unspecified atom stereocenters. The summed E-state index contributed by atoms with van der Waals surface area (Å²) in [6.07, 6.45) is 0.257. The maximum Gasteiger partial charge on any atom is 0.269 e. The molecule has 0 atom stereocenters. The Labute approximate surface area is 179 Å². The number of piperazine rings is 1. The third kappa shape index (κ3) is 5.22. The number of anilines is 1. The first-order chi connectivity index (χ1) is 14.2. The van der Waals surface area contributed by atoms with Crippen molar-refractivity contribution in [2.75, 3.05) is 38.0 Å². The van der Waals surface area contributed by atoms with Crippen LogP contribution in [0.5, 0.6) is 0 Å². The molecule has 11 heteroatoms. The van der Waals surface area contributed by atoms with E-state index >= 15 is 0 Å². The molecule has 9 nitrogen and oxygen atoms in total. The molecule has 1 fully saturated rings. The van der Waals surface area contributed by atoms with Crippen molar-refractivity contribution in [1.29, 1.82) is 0 Å². The minimum absolute atomic E-state index is 0.0176. The normalized spacial score (nSPS) is 15.8. The number of hydrogen-bond donors (Lipinski definition) is 1. The molecule has 30 heavy (non-hydrogen) atoms. The number of nitrogens with one attached hydrogen (secondary N) is 1. The lowest BCUT2D eigenvalue weighted by Gasteiger charge is -2.33. The number of amides is 1. The molecular formula is C19H24N4O5S2. The first-order valence-corrected chi connectivity index (χ1v) is 11.8. The number of nitrogens with zero attached hydrogens (tertiary/aromatic N) is 3. The minimum atomic E-state index is -3.45. The SMILES string of the molecule is Cc1ccc(S(=O)(=O)N2CCN(CCC(=O)Nc3ccc([N+](=O)[O-])cc3C)CC2)s1. The van der Waals surface area contributed by atoms with Crippen LogP contribution in [0.15, 0.2) is 34.5 Å². The summed E-state index contributed by atoms with van der Waals surface area (Å²) in [6.45, 7) is 6.01. The number of hydrogen-bond acceptors (Lipinski definition) is 7. The van der Waals surface area contributed by atoms with Crippen LogP contribution < -0.4 is 5.32 Å². The molecule has 3 rings (SSSR count). The lowest BCUT2D eigenvalue weighted by atomic mass is 10.1. The average Bonchev–Trinajstić information content (AvgIpc) is 3.15. The van der Waals surface area contributed by atoms with Gasteiger partial charge < -0.3 is 10.2 Å². The Balaban J connectivity index is 1.48. The molecular weight excluding hydrogens is 428 g/mol. The van der Waals surface area contributed by atoms with E-state index in [0.29, 0.717) is 48.2 Å². The summed E-state index contributed by atoms with van der Waals surface area (Å²) in [4.78, 5) is 25.6. The molecule has 0 aliphatic carbocycles. The van der Waals surface area contributed by atoms with Gasteiger partial charge in [-0.3, -0.25) is 14.9 Å². The van der Waals surface area contributed by atoms with Gasteiger partial charge in [-0.05, 0) is 37.6 Å². The molecule has 0 saturated carbocycles. The zero-order valence-corrected chi connectivity index (χ0v) is 18.5. The van der Waals surface area contributed by atoms with Crippen LogP contribution >= 0.6 is 11.3 Å². The number of carbonyl (C=O) groups is 1. The van der Waals surface area contributed by atoms with Gasteiger partial charge in [-0.1, -0.05) is 0 Å². The van der Waals surface area contributed by atoms with Crippen LogP contribution in [0.25, 0.3) is 0 Å². The van der Waals surface area contributed by atoms with Gasteiger partial charge in [0.2, 0.25) is 5.91 Å². The number of nitro groups is 1. The molecule has 1 aromatic carbocycles. The number of carbonyl (C=O) groups excluding carboxylic acids is 1. The molecule has 1 aromatic heterocycles. The van der Waals surface area contributed by atoms with Crippen LogP contribution in [-0.2, 0) is 14.8 Å². The van der Waals surface area contributed by atoms with Gasteiger partial charge in [0.05, 0.1) is 4.92 Å². The number of nitro benzene ring substituents is 1. The monoisotopic (exact) mass is 452 g/mol. The Hall–Kier alpha value is -2.34. The Bertz CT molecular complexity index is 1040. The second-order valence-electron chi connectivity index (χ2n) is 7.17. The molecule has 1 N–H and O–H groups in total. The van der Waals surface area contributed by atoms with Crippen molar-refractivity contribution in [3.05, 3.63) is 50.9 Å². The second-order valence-corrected chi connectivity index (χ2v) is 10.6. The second kappa shape index (κ2) is 9.21. The lowest BCUT2D eigenvalue weighted by Crippen LogP contribution is -2.48. The molecule has 1 saturated heterocycles. The van der Waals surface area contributed by atoms with Gasteiger partial charge in [-0.15, -0.1) is 11.3 Å². The highest BCUT2D eigenvalue weighted by Gasteiger charge is 2.29. The Kier molecular flexibility index (Phi) is 6.86. The van der Waals surface area contributed by atoms with Gasteiger partial charge in [-0.2, -0.15) is 4.31 Å². The quantitative estimate of drug-likeness (QED) is 0.510. The van der Waals surface area contributed by atoms with Gasteiger partial charge in [0.15, 0.2) is 0 Å². The van der Waals surface area contributed by atoms with Crippen LogP contribution in [0.2, 0.25) is 0 Å². The van der Waals surface area contributed by atoms with E-state index in [0.717, 1.165) is 4.88 Å². The Morgan fingerprint density at radius 3 is 2.43 bits per heavy atom.